The fourth-order valence-electron chi connectivity index (χ4n) is 5.52. The first kappa shape index (κ1) is 22.4. The van der Waals surface area contributed by atoms with E-state index >= 15 is 0 Å². The molecule has 6 rings (SSSR count). The number of aromatic nitrogens is 3. The van der Waals surface area contributed by atoms with Gasteiger partial charge in [-0.1, -0.05) is 48.5 Å². The van der Waals surface area contributed by atoms with E-state index in [-0.39, 0.29) is 5.78 Å². The lowest BCUT2D eigenvalue weighted by Gasteiger charge is -2.41. The molecule has 0 radical (unpaired) electrons. The lowest BCUT2D eigenvalue weighted by atomic mass is 9.95. The number of anilines is 1. The van der Waals surface area contributed by atoms with E-state index in [4.69, 9.17) is 4.98 Å². The molecule has 1 aliphatic heterocycles. The predicted molar refractivity (Wildman–Crippen MR) is 146 cm³/mol. The molecular weight excluding hydrogens is 446 g/mol. The van der Waals surface area contributed by atoms with Gasteiger partial charge in [-0.3, -0.25) is 4.79 Å². The van der Waals surface area contributed by atoms with Crippen LogP contribution >= 0.6 is 0 Å². The van der Waals surface area contributed by atoms with Crippen LogP contribution in [0.4, 0.5) is 5.69 Å². The minimum atomic E-state index is 0.0623. The van der Waals surface area contributed by atoms with Gasteiger partial charge in [0.2, 0.25) is 0 Å². The normalized spacial score (nSPS) is 18.1. The van der Waals surface area contributed by atoms with E-state index < -0.39 is 0 Å². The van der Waals surface area contributed by atoms with Crippen molar-refractivity contribution in [3.05, 3.63) is 84.8 Å². The predicted octanol–water partition coefficient (Wildman–Crippen LogP) is 5.61. The van der Waals surface area contributed by atoms with Gasteiger partial charge in [0.15, 0.2) is 11.4 Å². The van der Waals surface area contributed by atoms with Crippen LogP contribution in [0.5, 0.6) is 0 Å². The van der Waals surface area contributed by atoms with E-state index in [9.17, 15) is 4.79 Å². The van der Waals surface area contributed by atoms with Crippen LogP contribution in [0, 0.1) is 0 Å². The summed E-state index contributed by atoms with van der Waals surface area (Å²) in [4.78, 5) is 19.4. The second-order valence-electron chi connectivity index (χ2n) is 9.74. The summed E-state index contributed by atoms with van der Waals surface area (Å²) in [6.07, 6.45) is 5.80. The fraction of sp³-hybridized carbons (Fsp3) is 0.233. The highest BCUT2D eigenvalue weighted by molar-refractivity contribution is 6.11. The van der Waals surface area contributed by atoms with Crippen molar-refractivity contribution in [2.75, 3.05) is 18.0 Å². The molecule has 3 aromatic carbocycles. The molecule has 36 heavy (non-hydrogen) atoms. The van der Waals surface area contributed by atoms with E-state index in [0.29, 0.717) is 12.1 Å². The van der Waals surface area contributed by atoms with E-state index in [1.54, 1.807) is 6.92 Å². The lowest BCUT2D eigenvalue weighted by Crippen LogP contribution is -2.55. The summed E-state index contributed by atoms with van der Waals surface area (Å²) in [5.41, 5.74) is 6.86. The Morgan fingerprint density at radius 1 is 0.861 bits per heavy atom. The van der Waals surface area contributed by atoms with Crippen LogP contribution < -0.4 is 10.2 Å². The Balaban J connectivity index is 1.36. The maximum atomic E-state index is 12.2. The maximum Gasteiger partial charge on any atom is 0.162 e. The minimum absolute atomic E-state index is 0.0623. The number of piperazine rings is 1. The number of hydrogen-bond acceptors (Lipinski definition) is 5. The lowest BCUT2D eigenvalue weighted by molar-refractivity contribution is 0.101. The summed E-state index contributed by atoms with van der Waals surface area (Å²) in [7, 11) is 0. The number of carbonyl (C=O) groups excluding carboxylic acids is 1. The third-order valence-corrected chi connectivity index (χ3v) is 7.28. The van der Waals surface area contributed by atoms with Crippen molar-refractivity contribution in [3.63, 3.8) is 0 Å². The molecule has 2 unspecified atom stereocenters. The van der Waals surface area contributed by atoms with Crippen molar-refractivity contribution < 1.29 is 4.79 Å². The Kier molecular flexibility index (Phi) is 5.53. The number of Topliss-reactive ketones (excluding diaryl/α,β-unsaturated/α-hetero) is 1. The van der Waals surface area contributed by atoms with Gasteiger partial charge in [0.1, 0.15) is 0 Å². The molecule has 6 nitrogen and oxygen atoms in total. The zero-order chi connectivity index (χ0) is 24.8. The molecule has 0 spiro atoms. The fourth-order valence-corrected chi connectivity index (χ4v) is 5.52. The van der Waals surface area contributed by atoms with Gasteiger partial charge in [0, 0.05) is 59.9 Å². The first-order valence-electron chi connectivity index (χ1n) is 12.5. The highest BCUT2D eigenvalue weighted by Crippen LogP contribution is 2.34. The van der Waals surface area contributed by atoms with Crippen molar-refractivity contribution >= 4 is 27.9 Å². The molecular formula is C30H29N5O. The van der Waals surface area contributed by atoms with E-state index in [0.717, 1.165) is 57.3 Å². The van der Waals surface area contributed by atoms with E-state index in [1.165, 1.54) is 5.69 Å². The third kappa shape index (κ3) is 3.74. The Labute approximate surface area is 210 Å². The topological polar surface area (TPSA) is 62.5 Å². The molecule has 3 heterocycles. The Morgan fingerprint density at radius 3 is 2.31 bits per heavy atom. The van der Waals surface area contributed by atoms with Crippen molar-refractivity contribution in [2.45, 2.75) is 32.9 Å². The van der Waals surface area contributed by atoms with Gasteiger partial charge in [-0.15, -0.1) is 0 Å². The number of carbonyl (C=O) groups is 1. The van der Waals surface area contributed by atoms with Gasteiger partial charge in [-0.05, 0) is 54.8 Å². The van der Waals surface area contributed by atoms with Crippen LogP contribution in [0.2, 0.25) is 0 Å². The van der Waals surface area contributed by atoms with Crippen LogP contribution in [0.1, 0.15) is 31.1 Å². The number of nitrogens with one attached hydrogen (secondary N) is 1. The van der Waals surface area contributed by atoms with Crippen molar-refractivity contribution in [1.29, 1.82) is 0 Å². The number of benzene rings is 3. The molecule has 1 fully saturated rings. The highest BCUT2D eigenvalue weighted by Gasteiger charge is 2.24. The molecule has 1 N–H and O–H groups in total. The van der Waals surface area contributed by atoms with Gasteiger partial charge >= 0.3 is 0 Å². The molecule has 1 saturated heterocycles. The van der Waals surface area contributed by atoms with Crippen LogP contribution in [0.3, 0.4) is 0 Å². The molecule has 5 aromatic rings. The largest absolute Gasteiger partial charge is 0.364 e. The summed E-state index contributed by atoms with van der Waals surface area (Å²) in [5.74, 6) is 0.0623. The highest BCUT2D eigenvalue weighted by atomic mass is 16.1. The van der Waals surface area contributed by atoms with Crippen molar-refractivity contribution in [2.24, 2.45) is 0 Å². The molecule has 0 bridgehead atoms. The van der Waals surface area contributed by atoms with E-state index in [1.807, 2.05) is 53.4 Å². The average molecular weight is 476 g/mol. The number of ketones is 1. The van der Waals surface area contributed by atoms with Crippen molar-refractivity contribution in [3.8, 4) is 22.3 Å². The van der Waals surface area contributed by atoms with Crippen LogP contribution in [0.15, 0.2) is 79.3 Å². The molecule has 6 heteroatoms. The van der Waals surface area contributed by atoms with Gasteiger partial charge in [-0.2, -0.15) is 5.10 Å². The molecule has 2 atom stereocenters. The second-order valence-corrected chi connectivity index (χ2v) is 9.74. The molecule has 0 amide bonds. The van der Waals surface area contributed by atoms with Gasteiger partial charge < -0.3 is 10.2 Å². The quantitative estimate of drug-likeness (QED) is 0.343. The first-order valence-corrected chi connectivity index (χ1v) is 12.5. The molecule has 1 aliphatic rings. The smallest absolute Gasteiger partial charge is 0.162 e. The number of fused-ring (bicyclic) bond motifs is 2. The van der Waals surface area contributed by atoms with Crippen LogP contribution in [-0.4, -0.2) is 45.6 Å². The number of rotatable bonds is 4. The summed E-state index contributed by atoms with van der Waals surface area (Å²) >= 11 is 0. The number of nitrogens with zero attached hydrogens (tertiary/aromatic N) is 4. The monoisotopic (exact) mass is 475 g/mol. The average Bonchev–Trinajstić information content (AvgIpc) is 3.31. The second kappa shape index (κ2) is 8.88. The van der Waals surface area contributed by atoms with E-state index in [2.05, 4.69) is 59.5 Å². The Bertz CT molecular complexity index is 1580. The van der Waals surface area contributed by atoms with Gasteiger partial charge in [-0.25, -0.2) is 9.50 Å². The van der Waals surface area contributed by atoms with Gasteiger partial charge in [0.25, 0.3) is 0 Å². The van der Waals surface area contributed by atoms with Crippen LogP contribution in [-0.2, 0) is 0 Å². The zero-order valence-corrected chi connectivity index (χ0v) is 20.8. The summed E-state index contributed by atoms with van der Waals surface area (Å²) in [6, 6.07) is 21.6. The number of hydrogen-bond donors (Lipinski definition) is 1. The molecule has 180 valence electrons. The summed E-state index contributed by atoms with van der Waals surface area (Å²) in [6.45, 7) is 8.14. The minimum Gasteiger partial charge on any atom is -0.364 e. The molecule has 2 aromatic heterocycles. The Morgan fingerprint density at radius 2 is 1.58 bits per heavy atom. The van der Waals surface area contributed by atoms with Gasteiger partial charge in [0.05, 0.1) is 6.20 Å². The summed E-state index contributed by atoms with van der Waals surface area (Å²) < 4.78 is 1.84. The Hall–Kier alpha value is -4.03. The molecule has 0 saturated carbocycles. The SMILES string of the molecule is CC(=O)c1ccc(-c2cnn3cc(-c4ccc(N5C(C)CNCC5C)cc4)cnc23)c2ccccc12. The van der Waals surface area contributed by atoms with Crippen molar-refractivity contribution in [1.82, 2.24) is 19.9 Å². The molecule has 0 aliphatic carbocycles. The third-order valence-electron chi connectivity index (χ3n) is 7.28. The summed E-state index contributed by atoms with van der Waals surface area (Å²) in [5, 5.41) is 10.1. The van der Waals surface area contributed by atoms with Crippen LogP contribution in [0.25, 0.3) is 38.7 Å². The zero-order valence-electron chi connectivity index (χ0n) is 20.8. The first-order chi connectivity index (χ1) is 17.5. The standard InChI is InChI=1S/C30H29N5O/c1-19-14-31-15-20(2)35(19)24-10-8-22(9-11-24)23-16-32-30-29(17-33-34(30)18-23)28-13-12-25(21(3)36)26-6-4-5-7-27(26)28/h4-13,16-20,31H,14-15H2,1-3H3. The maximum absolute atomic E-state index is 12.2.